The fourth-order valence-electron chi connectivity index (χ4n) is 4.87. The van der Waals surface area contributed by atoms with E-state index in [4.69, 9.17) is 4.74 Å². The molecule has 1 atom stereocenters. The van der Waals surface area contributed by atoms with E-state index in [0.29, 0.717) is 31.7 Å². The summed E-state index contributed by atoms with van der Waals surface area (Å²) in [4.78, 5) is 31.0. The first-order chi connectivity index (χ1) is 14.9. The first-order valence-corrected chi connectivity index (χ1v) is 11.9. The van der Waals surface area contributed by atoms with E-state index in [-0.39, 0.29) is 17.9 Å². The SMILES string of the molecule is CCCCN1C(=O)C(CC(C)C)NC(=O)C12CCN(CCc1ccc(OC)cc1)CC2. The highest BCUT2D eigenvalue weighted by molar-refractivity contribution is 6.00. The van der Waals surface area contributed by atoms with E-state index in [2.05, 4.69) is 43.1 Å². The lowest BCUT2D eigenvalue weighted by Crippen LogP contribution is -2.73. The van der Waals surface area contributed by atoms with Crippen molar-refractivity contribution in [3.63, 3.8) is 0 Å². The molecule has 0 aromatic heterocycles. The second-order valence-electron chi connectivity index (χ2n) is 9.47. The number of ether oxygens (including phenoxy) is 1. The molecule has 1 spiro atoms. The van der Waals surface area contributed by atoms with Crippen molar-refractivity contribution < 1.29 is 14.3 Å². The lowest BCUT2D eigenvalue weighted by molar-refractivity contribution is -0.161. The Balaban J connectivity index is 1.63. The van der Waals surface area contributed by atoms with Crippen LogP contribution in [0.15, 0.2) is 24.3 Å². The Morgan fingerprint density at radius 3 is 2.39 bits per heavy atom. The van der Waals surface area contributed by atoms with Crippen LogP contribution in [0.1, 0.15) is 58.4 Å². The van der Waals surface area contributed by atoms with Gasteiger partial charge in [-0.05, 0) is 55.7 Å². The molecule has 0 saturated carbocycles. The number of amides is 2. The quantitative estimate of drug-likeness (QED) is 0.655. The van der Waals surface area contributed by atoms with Crippen molar-refractivity contribution in [2.75, 3.05) is 33.3 Å². The van der Waals surface area contributed by atoms with Gasteiger partial charge in [0.1, 0.15) is 17.3 Å². The van der Waals surface area contributed by atoms with Crippen molar-refractivity contribution in [2.24, 2.45) is 5.92 Å². The standard InChI is InChI=1S/C25H39N3O3/c1-5-6-14-28-23(29)22(18-19(2)3)26-24(30)25(28)12-16-27(17-13-25)15-11-20-7-9-21(31-4)10-8-20/h7-10,19,22H,5-6,11-18H2,1-4H3,(H,26,30). The number of rotatable bonds is 9. The van der Waals surface area contributed by atoms with Crippen molar-refractivity contribution in [3.8, 4) is 5.75 Å². The zero-order valence-electron chi connectivity index (χ0n) is 19.7. The molecule has 2 aliphatic rings. The maximum Gasteiger partial charge on any atom is 0.246 e. The van der Waals surface area contributed by atoms with Gasteiger partial charge >= 0.3 is 0 Å². The van der Waals surface area contributed by atoms with Gasteiger partial charge in [0.05, 0.1) is 7.11 Å². The number of piperidine rings is 1. The van der Waals surface area contributed by atoms with Gasteiger partial charge in [0.2, 0.25) is 11.8 Å². The van der Waals surface area contributed by atoms with Gasteiger partial charge in [0.15, 0.2) is 0 Å². The van der Waals surface area contributed by atoms with Gasteiger partial charge in [-0.3, -0.25) is 9.59 Å². The smallest absolute Gasteiger partial charge is 0.246 e. The van der Waals surface area contributed by atoms with Crippen LogP contribution in [0.5, 0.6) is 5.75 Å². The highest BCUT2D eigenvalue weighted by Gasteiger charge is 2.53. The summed E-state index contributed by atoms with van der Waals surface area (Å²) in [6.07, 6.45) is 5.06. The van der Waals surface area contributed by atoms with Crippen molar-refractivity contribution in [1.29, 1.82) is 0 Å². The topological polar surface area (TPSA) is 61.9 Å². The molecular weight excluding hydrogens is 390 g/mol. The van der Waals surface area contributed by atoms with Crippen LogP contribution in [0.2, 0.25) is 0 Å². The van der Waals surface area contributed by atoms with Gasteiger partial charge < -0.3 is 19.9 Å². The predicted octanol–water partition coefficient (Wildman–Crippen LogP) is 3.25. The van der Waals surface area contributed by atoms with E-state index in [1.165, 1.54) is 5.56 Å². The highest BCUT2D eigenvalue weighted by Crippen LogP contribution is 2.34. The normalized spacial score (nSPS) is 21.6. The summed E-state index contributed by atoms with van der Waals surface area (Å²) < 4.78 is 5.23. The lowest BCUT2D eigenvalue weighted by atomic mass is 9.80. The van der Waals surface area contributed by atoms with Crippen LogP contribution in [-0.4, -0.2) is 66.5 Å². The third-order valence-corrected chi connectivity index (χ3v) is 6.81. The zero-order chi connectivity index (χ0) is 22.4. The van der Waals surface area contributed by atoms with Crippen LogP contribution in [0, 0.1) is 5.92 Å². The average Bonchev–Trinajstić information content (AvgIpc) is 2.77. The zero-order valence-corrected chi connectivity index (χ0v) is 19.7. The van der Waals surface area contributed by atoms with Crippen LogP contribution in [-0.2, 0) is 16.0 Å². The molecule has 2 amide bonds. The van der Waals surface area contributed by atoms with Gasteiger partial charge in [-0.2, -0.15) is 0 Å². The summed E-state index contributed by atoms with van der Waals surface area (Å²) in [5, 5.41) is 3.09. The first-order valence-electron chi connectivity index (χ1n) is 11.9. The number of nitrogens with zero attached hydrogens (tertiary/aromatic N) is 2. The molecule has 31 heavy (non-hydrogen) atoms. The molecule has 2 heterocycles. The lowest BCUT2D eigenvalue weighted by Gasteiger charge is -2.52. The first kappa shape index (κ1) is 23.6. The van der Waals surface area contributed by atoms with Crippen LogP contribution in [0.25, 0.3) is 0 Å². The second kappa shape index (κ2) is 10.5. The molecule has 3 rings (SSSR count). The molecular formula is C25H39N3O3. The number of methoxy groups -OCH3 is 1. The Morgan fingerprint density at radius 1 is 1.13 bits per heavy atom. The van der Waals surface area contributed by atoms with E-state index in [9.17, 15) is 9.59 Å². The third-order valence-electron chi connectivity index (χ3n) is 6.81. The maximum absolute atomic E-state index is 13.3. The Hall–Kier alpha value is -2.08. The molecule has 6 heteroatoms. The van der Waals surface area contributed by atoms with Crippen LogP contribution in [0.3, 0.4) is 0 Å². The predicted molar refractivity (Wildman–Crippen MR) is 123 cm³/mol. The monoisotopic (exact) mass is 429 g/mol. The van der Waals surface area contributed by atoms with Gasteiger partial charge in [-0.1, -0.05) is 39.3 Å². The van der Waals surface area contributed by atoms with Crippen molar-refractivity contribution in [2.45, 2.75) is 70.9 Å². The second-order valence-corrected chi connectivity index (χ2v) is 9.47. The molecule has 2 fully saturated rings. The molecule has 1 unspecified atom stereocenters. The number of piperazine rings is 1. The summed E-state index contributed by atoms with van der Waals surface area (Å²) >= 11 is 0. The molecule has 0 bridgehead atoms. The van der Waals surface area contributed by atoms with Crippen LogP contribution >= 0.6 is 0 Å². The fraction of sp³-hybridized carbons (Fsp3) is 0.680. The molecule has 1 N–H and O–H groups in total. The Labute approximate surface area is 187 Å². The number of benzene rings is 1. The number of likely N-dealkylation sites (tertiary alicyclic amines) is 1. The van der Waals surface area contributed by atoms with Crippen molar-refractivity contribution in [3.05, 3.63) is 29.8 Å². The van der Waals surface area contributed by atoms with Gasteiger partial charge in [0.25, 0.3) is 0 Å². The van der Waals surface area contributed by atoms with Gasteiger partial charge in [0, 0.05) is 26.2 Å². The number of unbranched alkanes of at least 4 members (excludes halogenated alkanes) is 1. The summed E-state index contributed by atoms with van der Waals surface area (Å²) in [6, 6.07) is 7.84. The molecule has 0 radical (unpaired) electrons. The van der Waals surface area contributed by atoms with Crippen molar-refractivity contribution in [1.82, 2.24) is 15.1 Å². The summed E-state index contributed by atoms with van der Waals surface area (Å²) in [6.45, 7) is 9.66. The maximum atomic E-state index is 13.3. The Morgan fingerprint density at radius 2 is 1.81 bits per heavy atom. The molecule has 172 valence electrons. The molecule has 1 aromatic rings. The van der Waals surface area contributed by atoms with E-state index >= 15 is 0 Å². The molecule has 1 aromatic carbocycles. The molecule has 0 aliphatic carbocycles. The fourth-order valence-corrected chi connectivity index (χ4v) is 4.87. The summed E-state index contributed by atoms with van der Waals surface area (Å²) in [5.41, 5.74) is 0.615. The minimum atomic E-state index is -0.670. The number of hydrogen-bond donors (Lipinski definition) is 1. The molecule has 2 saturated heterocycles. The Bertz CT molecular complexity index is 739. The minimum absolute atomic E-state index is 0.0589. The molecule has 6 nitrogen and oxygen atoms in total. The Kier molecular flexibility index (Phi) is 7.98. The average molecular weight is 430 g/mol. The van der Waals surface area contributed by atoms with Gasteiger partial charge in [-0.25, -0.2) is 0 Å². The van der Waals surface area contributed by atoms with Crippen LogP contribution < -0.4 is 10.1 Å². The van der Waals surface area contributed by atoms with E-state index in [1.54, 1.807) is 7.11 Å². The summed E-state index contributed by atoms with van der Waals surface area (Å²) in [7, 11) is 1.68. The van der Waals surface area contributed by atoms with E-state index in [1.807, 2.05) is 17.0 Å². The number of hydrogen-bond acceptors (Lipinski definition) is 4. The van der Waals surface area contributed by atoms with Crippen molar-refractivity contribution >= 4 is 11.8 Å². The largest absolute Gasteiger partial charge is 0.497 e. The minimum Gasteiger partial charge on any atom is -0.497 e. The number of carbonyl (C=O) groups excluding carboxylic acids is 2. The highest BCUT2D eigenvalue weighted by atomic mass is 16.5. The third kappa shape index (κ3) is 5.40. The number of carbonyl (C=O) groups is 2. The van der Waals surface area contributed by atoms with E-state index in [0.717, 1.165) is 44.6 Å². The number of nitrogens with one attached hydrogen (secondary N) is 1. The van der Waals surface area contributed by atoms with Gasteiger partial charge in [-0.15, -0.1) is 0 Å². The molecule has 2 aliphatic heterocycles. The van der Waals surface area contributed by atoms with E-state index < -0.39 is 5.54 Å². The van der Waals surface area contributed by atoms with Crippen LogP contribution in [0.4, 0.5) is 0 Å². The summed E-state index contributed by atoms with van der Waals surface area (Å²) in [5.74, 6) is 1.42.